The van der Waals surface area contributed by atoms with Gasteiger partial charge in [0.2, 0.25) is 11.8 Å². The largest absolute Gasteiger partial charge is 0.467 e. The molecule has 0 aliphatic heterocycles. The third kappa shape index (κ3) is 9.53. The molecule has 8 heteroatoms. The predicted octanol–water partition coefficient (Wildman–Crippen LogP) is 3.24. The van der Waals surface area contributed by atoms with Gasteiger partial charge in [-0.1, -0.05) is 48.9 Å². The molecule has 0 radical (unpaired) electrons. The minimum absolute atomic E-state index is 0.0280. The maximum atomic E-state index is 12.2. The molecule has 2 aromatic carbocycles. The van der Waals surface area contributed by atoms with E-state index in [1.807, 2.05) is 54.6 Å². The SMILES string of the molecule is COC(=O)C(O)CSCC(=O)NCCCCCC(=O)Nc1cccc(-c2ccccc2)c1. The van der Waals surface area contributed by atoms with E-state index in [2.05, 4.69) is 15.4 Å². The number of unbranched alkanes of at least 4 members (excludes halogenated alkanes) is 2. The van der Waals surface area contributed by atoms with E-state index in [-0.39, 0.29) is 23.3 Å². The van der Waals surface area contributed by atoms with E-state index in [1.54, 1.807) is 0 Å². The Kier molecular flexibility index (Phi) is 11.3. The number of hydrogen-bond acceptors (Lipinski definition) is 6. The first-order valence-electron chi connectivity index (χ1n) is 10.5. The van der Waals surface area contributed by atoms with Crippen LogP contribution in [0.2, 0.25) is 0 Å². The number of benzene rings is 2. The van der Waals surface area contributed by atoms with E-state index in [0.29, 0.717) is 13.0 Å². The quantitative estimate of drug-likeness (QED) is 0.314. The van der Waals surface area contributed by atoms with Gasteiger partial charge in [-0.2, -0.15) is 0 Å². The van der Waals surface area contributed by atoms with Gasteiger partial charge in [0, 0.05) is 24.4 Å². The maximum Gasteiger partial charge on any atom is 0.335 e. The van der Waals surface area contributed by atoms with Gasteiger partial charge >= 0.3 is 5.97 Å². The molecule has 0 saturated heterocycles. The first kappa shape index (κ1) is 25.4. The lowest BCUT2D eigenvalue weighted by atomic mass is 10.1. The van der Waals surface area contributed by atoms with Gasteiger partial charge in [-0.05, 0) is 36.1 Å². The normalized spacial score (nSPS) is 11.4. The summed E-state index contributed by atoms with van der Waals surface area (Å²) in [4.78, 5) is 35.0. The molecule has 7 nitrogen and oxygen atoms in total. The van der Waals surface area contributed by atoms with Gasteiger partial charge in [0.1, 0.15) is 0 Å². The molecule has 2 aromatic rings. The van der Waals surface area contributed by atoms with Crippen LogP contribution >= 0.6 is 11.8 Å². The van der Waals surface area contributed by atoms with Gasteiger partial charge in [-0.25, -0.2) is 4.79 Å². The smallest absolute Gasteiger partial charge is 0.335 e. The van der Waals surface area contributed by atoms with Crippen molar-refractivity contribution in [1.82, 2.24) is 5.32 Å². The highest BCUT2D eigenvalue weighted by molar-refractivity contribution is 8.00. The Morgan fingerprint density at radius 1 is 0.969 bits per heavy atom. The zero-order valence-corrected chi connectivity index (χ0v) is 19.0. The summed E-state index contributed by atoms with van der Waals surface area (Å²) < 4.78 is 4.41. The number of aliphatic hydroxyl groups is 1. The predicted molar refractivity (Wildman–Crippen MR) is 127 cm³/mol. The molecular formula is C24H30N2O5S. The summed E-state index contributed by atoms with van der Waals surface area (Å²) in [6.07, 6.45) is 1.54. The molecule has 1 unspecified atom stereocenters. The summed E-state index contributed by atoms with van der Waals surface area (Å²) >= 11 is 1.17. The number of hydrogen-bond donors (Lipinski definition) is 3. The Morgan fingerprint density at radius 3 is 2.47 bits per heavy atom. The van der Waals surface area contributed by atoms with Crippen LogP contribution in [-0.2, 0) is 19.1 Å². The summed E-state index contributed by atoms with van der Waals surface area (Å²) in [6, 6.07) is 17.8. The van der Waals surface area contributed by atoms with Crippen molar-refractivity contribution in [2.75, 3.05) is 30.5 Å². The Bertz CT molecular complexity index is 876. The average Bonchev–Trinajstić information content (AvgIpc) is 2.81. The Balaban J connectivity index is 1.56. The molecule has 0 aliphatic rings. The Labute approximate surface area is 192 Å². The van der Waals surface area contributed by atoms with Gasteiger partial charge in [0.25, 0.3) is 0 Å². The van der Waals surface area contributed by atoms with E-state index in [1.165, 1.54) is 18.9 Å². The van der Waals surface area contributed by atoms with Crippen LogP contribution in [0.1, 0.15) is 25.7 Å². The number of thioether (sulfide) groups is 1. The molecule has 0 bridgehead atoms. The molecule has 0 spiro atoms. The molecular weight excluding hydrogens is 428 g/mol. The molecule has 1 atom stereocenters. The second-order valence-corrected chi connectivity index (χ2v) is 8.24. The van der Waals surface area contributed by atoms with E-state index in [4.69, 9.17) is 0 Å². The van der Waals surface area contributed by atoms with Crippen LogP contribution in [-0.4, -0.2) is 54.2 Å². The lowest BCUT2D eigenvalue weighted by molar-refractivity contribution is -0.149. The fourth-order valence-electron chi connectivity index (χ4n) is 2.96. The third-order valence-electron chi connectivity index (χ3n) is 4.64. The second-order valence-electron chi connectivity index (χ2n) is 7.21. The van der Waals surface area contributed by atoms with Gasteiger partial charge in [0.05, 0.1) is 12.9 Å². The van der Waals surface area contributed by atoms with Crippen LogP contribution in [0.15, 0.2) is 54.6 Å². The van der Waals surface area contributed by atoms with Gasteiger partial charge < -0.3 is 20.5 Å². The van der Waals surface area contributed by atoms with Crippen molar-refractivity contribution >= 4 is 35.2 Å². The molecule has 32 heavy (non-hydrogen) atoms. The lowest BCUT2D eigenvalue weighted by Crippen LogP contribution is -2.28. The Morgan fingerprint density at radius 2 is 1.72 bits per heavy atom. The number of ether oxygens (including phenoxy) is 1. The van der Waals surface area contributed by atoms with Crippen molar-refractivity contribution in [1.29, 1.82) is 0 Å². The zero-order chi connectivity index (χ0) is 23.2. The van der Waals surface area contributed by atoms with Crippen LogP contribution in [0.3, 0.4) is 0 Å². The fraction of sp³-hybridized carbons (Fsp3) is 0.375. The number of methoxy groups -OCH3 is 1. The van der Waals surface area contributed by atoms with Crippen molar-refractivity contribution in [2.24, 2.45) is 0 Å². The zero-order valence-electron chi connectivity index (χ0n) is 18.2. The molecule has 0 aliphatic carbocycles. The summed E-state index contributed by atoms with van der Waals surface area (Å²) in [5.41, 5.74) is 2.93. The van der Waals surface area contributed by atoms with Crippen molar-refractivity contribution in [3.8, 4) is 11.1 Å². The van der Waals surface area contributed by atoms with Crippen LogP contribution < -0.4 is 10.6 Å². The van der Waals surface area contributed by atoms with E-state index >= 15 is 0 Å². The highest BCUT2D eigenvalue weighted by Gasteiger charge is 2.15. The highest BCUT2D eigenvalue weighted by Crippen LogP contribution is 2.22. The van der Waals surface area contributed by atoms with Gasteiger partial charge in [-0.3, -0.25) is 9.59 Å². The van der Waals surface area contributed by atoms with Gasteiger partial charge in [0.15, 0.2) is 6.10 Å². The van der Waals surface area contributed by atoms with Crippen LogP contribution in [0, 0.1) is 0 Å². The minimum atomic E-state index is -1.22. The number of aliphatic hydroxyl groups excluding tert-OH is 1. The third-order valence-corrected chi connectivity index (χ3v) is 5.66. The van der Waals surface area contributed by atoms with Crippen LogP contribution in [0.5, 0.6) is 0 Å². The molecule has 3 N–H and O–H groups in total. The minimum Gasteiger partial charge on any atom is -0.467 e. The maximum absolute atomic E-state index is 12.2. The van der Waals surface area contributed by atoms with E-state index < -0.39 is 12.1 Å². The molecule has 172 valence electrons. The topological polar surface area (TPSA) is 105 Å². The summed E-state index contributed by atoms with van der Waals surface area (Å²) in [6.45, 7) is 0.527. The first-order chi connectivity index (χ1) is 15.5. The number of esters is 1. The first-order valence-corrected chi connectivity index (χ1v) is 11.7. The number of carbonyl (C=O) groups is 3. The number of anilines is 1. The van der Waals surface area contributed by atoms with E-state index in [0.717, 1.165) is 36.1 Å². The molecule has 0 saturated carbocycles. The standard InChI is InChI=1S/C24H30N2O5S/c1-31-24(30)21(27)16-32-17-23(29)25-14-7-3-6-13-22(28)26-20-12-8-11-19(15-20)18-9-4-2-5-10-18/h2,4-5,8-12,15,21,27H,3,6-7,13-14,16-17H2,1H3,(H,25,29)(H,26,28). The number of amides is 2. The molecule has 0 fully saturated rings. The van der Waals surface area contributed by atoms with Crippen molar-refractivity contribution in [3.63, 3.8) is 0 Å². The molecule has 0 aromatic heterocycles. The number of carbonyl (C=O) groups excluding carboxylic acids is 3. The number of nitrogens with one attached hydrogen (secondary N) is 2. The Hall–Kier alpha value is -2.84. The van der Waals surface area contributed by atoms with Gasteiger partial charge in [-0.15, -0.1) is 11.8 Å². The lowest BCUT2D eigenvalue weighted by Gasteiger charge is -2.09. The highest BCUT2D eigenvalue weighted by atomic mass is 32.2. The van der Waals surface area contributed by atoms with Crippen LogP contribution in [0.25, 0.3) is 11.1 Å². The molecule has 2 amide bonds. The summed E-state index contributed by atoms with van der Waals surface area (Å²) in [7, 11) is 1.20. The summed E-state index contributed by atoms with van der Waals surface area (Å²) in [5, 5.41) is 15.2. The second kappa shape index (κ2) is 14.3. The van der Waals surface area contributed by atoms with E-state index in [9.17, 15) is 19.5 Å². The average molecular weight is 459 g/mol. The van der Waals surface area contributed by atoms with Crippen molar-refractivity contribution in [3.05, 3.63) is 54.6 Å². The van der Waals surface area contributed by atoms with Crippen molar-refractivity contribution in [2.45, 2.75) is 31.8 Å². The number of rotatable bonds is 13. The molecule has 0 heterocycles. The fourth-order valence-corrected chi connectivity index (χ4v) is 3.73. The summed E-state index contributed by atoms with van der Waals surface area (Å²) in [5.74, 6) is -0.601. The monoisotopic (exact) mass is 458 g/mol. The van der Waals surface area contributed by atoms with Crippen LogP contribution in [0.4, 0.5) is 5.69 Å². The molecule has 2 rings (SSSR count). The van der Waals surface area contributed by atoms with Crippen molar-refractivity contribution < 1.29 is 24.2 Å².